The van der Waals surface area contributed by atoms with Crippen molar-refractivity contribution in [2.45, 2.75) is 13.5 Å². The van der Waals surface area contributed by atoms with Crippen LogP contribution in [0, 0.1) is 12.7 Å². The van der Waals surface area contributed by atoms with Gasteiger partial charge in [0.05, 0.1) is 5.02 Å². The summed E-state index contributed by atoms with van der Waals surface area (Å²) in [4.78, 5) is 12.1. The summed E-state index contributed by atoms with van der Waals surface area (Å²) in [5.74, 6) is -0.647. The minimum Gasteiger partial charge on any atom is -0.388 e. The molecule has 0 saturated heterocycles. The van der Waals surface area contributed by atoms with E-state index in [0.29, 0.717) is 12.1 Å². The normalized spacial score (nSPS) is 10.3. The molecule has 0 fully saturated rings. The quantitative estimate of drug-likeness (QED) is 0.903. The van der Waals surface area contributed by atoms with Crippen LogP contribution in [0.2, 0.25) is 5.02 Å². The highest BCUT2D eigenvalue weighted by Gasteiger charge is 2.08. The van der Waals surface area contributed by atoms with Crippen molar-refractivity contribution in [1.29, 1.82) is 0 Å². The fourth-order valence-corrected chi connectivity index (χ4v) is 2.22. The maximum Gasteiger partial charge on any atom is 0.251 e. The third-order valence-corrected chi connectivity index (χ3v) is 3.48. The van der Waals surface area contributed by atoms with E-state index < -0.39 is 5.82 Å². The lowest BCUT2D eigenvalue weighted by Gasteiger charge is -2.09. The van der Waals surface area contributed by atoms with Crippen LogP contribution in [0.5, 0.6) is 0 Å². The number of amides is 1. The number of nitrogens with one attached hydrogen (secondary N) is 2. The Morgan fingerprint density at radius 2 is 2.00 bits per heavy atom. The summed E-state index contributed by atoms with van der Waals surface area (Å²) < 4.78 is 13.1. The molecule has 0 aliphatic rings. The van der Waals surface area contributed by atoms with Crippen LogP contribution in [0.1, 0.15) is 21.5 Å². The Morgan fingerprint density at radius 1 is 1.24 bits per heavy atom. The molecule has 0 aliphatic carbocycles. The number of hydrogen-bond donors (Lipinski definition) is 2. The van der Waals surface area contributed by atoms with Gasteiger partial charge in [-0.3, -0.25) is 4.79 Å². The minimum absolute atomic E-state index is 0.0518. The van der Waals surface area contributed by atoms with Gasteiger partial charge in [-0.1, -0.05) is 17.7 Å². The smallest absolute Gasteiger partial charge is 0.251 e. The molecule has 0 aromatic heterocycles. The van der Waals surface area contributed by atoms with Crippen LogP contribution in [0.3, 0.4) is 0 Å². The van der Waals surface area contributed by atoms with E-state index in [-0.39, 0.29) is 10.9 Å². The highest BCUT2D eigenvalue weighted by Crippen LogP contribution is 2.17. The molecule has 0 bridgehead atoms. The molecule has 21 heavy (non-hydrogen) atoms. The Labute approximate surface area is 128 Å². The molecule has 2 aromatic rings. The van der Waals surface area contributed by atoms with Crippen molar-refractivity contribution in [2.24, 2.45) is 0 Å². The average molecular weight is 307 g/mol. The SMILES string of the molecule is CNc1ccc(C(=O)NCc2ccc(F)c(Cl)c2)cc1C. The zero-order chi connectivity index (χ0) is 15.4. The molecule has 2 rings (SSSR count). The van der Waals surface area contributed by atoms with Crippen LogP contribution in [0.25, 0.3) is 0 Å². The van der Waals surface area contributed by atoms with Crippen molar-refractivity contribution < 1.29 is 9.18 Å². The van der Waals surface area contributed by atoms with Crippen LogP contribution < -0.4 is 10.6 Å². The molecular weight excluding hydrogens is 291 g/mol. The van der Waals surface area contributed by atoms with Crippen molar-refractivity contribution in [1.82, 2.24) is 5.32 Å². The second-order valence-electron chi connectivity index (χ2n) is 4.71. The summed E-state index contributed by atoms with van der Waals surface area (Å²) in [6.07, 6.45) is 0. The van der Waals surface area contributed by atoms with Gasteiger partial charge in [-0.15, -0.1) is 0 Å². The lowest BCUT2D eigenvalue weighted by molar-refractivity contribution is 0.0951. The lowest BCUT2D eigenvalue weighted by Crippen LogP contribution is -2.22. The zero-order valence-electron chi connectivity index (χ0n) is 11.8. The van der Waals surface area contributed by atoms with Gasteiger partial charge in [0.1, 0.15) is 5.82 Å². The summed E-state index contributed by atoms with van der Waals surface area (Å²) in [6.45, 7) is 2.23. The van der Waals surface area contributed by atoms with E-state index in [1.807, 2.05) is 26.1 Å². The number of carbonyl (C=O) groups excluding carboxylic acids is 1. The number of anilines is 1. The topological polar surface area (TPSA) is 41.1 Å². The van der Waals surface area contributed by atoms with Gasteiger partial charge in [0.15, 0.2) is 0 Å². The Hall–Kier alpha value is -2.07. The number of hydrogen-bond acceptors (Lipinski definition) is 2. The van der Waals surface area contributed by atoms with E-state index >= 15 is 0 Å². The first kappa shape index (κ1) is 15.3. The Morgan fingerprint density at radius 3 is 2.62 bits per heavy atom. The van der Waals surface area contributed by atoms with Gasteiger partial charge < -0.3 is 10.6 Å². The molecular formula is C16H16ClFN2O. The van der Waals surface area contributed by atoms with Gasteiger partial charge in [-0.2, -0.15) is 0 Å². The van der Waals surface area contributed by atoms with E-state index in [0.717, 1.165) is 16.8 Å². The predicted molar refractivity (Wildman–Crippen MR) is 83.3 cm³/mol. The van der Waals surface area contributed by atoms with Crippen LogP contribution in [0.4, 0.5) is 10.1 Å². The Bertz CT molecular complexity index is 673. The Kier molecular flexibility index (Phi) is 4.81. The Balaban J connectivity index is 2.04. The standard InChI is InChI=1S/C16H16ClFN2O/c1-10-7-12(4-6-15(10)19-2)16(21)20-9-11-3-5-14(18)13(17)8-11/h3-8,19H,9H2,1-2H3,(H,20,21). The number of rotatable bonds is 4. The number of aryl methyl sites for hydroxylation is 1. The van der Waals surface area contributed by atoms with Gasteiger partial charge >= 0.3 is 0 Å². The molecule has 5 heteroatoms. The van der Waals surface area contributed by atoms with Crippen LogP contribution >= 0.6 is 11.6 Å². The molecule has 0 aliphatic heterocycles. The molecule has 1 amide bonds. The van der Waals surface area contributed by atoms with E-state index in [1.165, 1.54) is 12.1 Å². The van der Waals surface area contributed by atoms with Gasteiger partial charge in [0.25, 0.3) is 5.91 Å². The van der Waals surface area contributed by atoms with Gasteiger partial charge in [-0.25, -0.2) is 4.39 Å². The summed E-state index contributed by atoms with van der Waals surface area (Å²) >= 11 is 5.71. The first-order valence-corrected chi connectivity index (χ1v) is 6.89. The minimum atomic E-state index is -0.468. The summed E-state index contributed by atoms with van der Waals surface area (Å²) in [5.41, 5.74) is 3.31. The fraction of sp³-hybridized carbons (Fsp3) is 0.188. The van der Waals surface area contributed by atoms with E-state index in [1.54, 1.807) is 12.1 Å². The number of halogens is 2. The molecule has 2 N–H and O–H groups in total. The monoisotopic (exact) mass is 306 g/mol. The first-order valence-electron chi connectivity index (χ1n) is 6.52. The first-order chi connectivity index (χ1) is 10.0. The average Bonchev–Trinajstić information content (AvgIpc) is 2.48. The maximum atomic E-state index is 13.1. The molecule has 3 nitrogen and oxygen atoms in total. The van der Waals surface area contributed by atoms with E-state index in [2.05, 4.69) is 10.6 Å². The maximum absolute atomic E-state index is 13.1. The molecule has 2 aromatic carbocycles. The molecule has 0 saturated carbocycles. The number of carbonyl (C=O) groups is 1. The summed E-state index contributed by atoms with van der Waals surface area (Å²) in [6, 6.07) is 9.82. The van der Waals surface area contributed by atoms with Crippen molar-refractivity contribution in [3.63, 3.8) is 0 Å². The fourth-order valence-electron chi connectivity index (χ4n) is 2.02. The van der Waals surface area contributed by atoms with Crippen molar-refractivity contribution in [2.75, 3.05) is 12.4 Å². The van der Waals surface area contributed by atoms with Crippen LogP contribution in [0.15, 0.2) is 36.4 Å². The van der Waals surface area contributed by atoms with Gasteiger partial charge in [0, 0.05) is 24.8 Å². The molecule has 0 atom stereocenters. The summed E-state index contributed by atoms with van der Waals surface area (Å²) in [5, 5.41) is 5.89. The van der Waals surface area contributed by atoms with Crippen molar-refractivity contribution >= 4 is 23.2 Å². The second-order valence-corrected chi connectivity index (χ2v) is 5.12. The van der Waals surface area contributed by atoms with E-state index in [9.17, 15) is 9.18 Å². The van der Waals surface area contributed by atoms with E-state index in [4.69, 9.17) is 11.6 Å². The highest BCUT2D eigenvalue weighted by molar-refractivity contribution is 6.30. The molecule has 0 unspecified atom stereocenters. The van der Waals surface area contributed by atoms with Crippen LogP contribution in [-0.4, -0.2) is 13.0 Å². The van der Waals surface area contributed by atoms with Crippen LogP contribution in [-0.2, 0) is 6.54 Å². The second kappa shape index (κ2) is 6.59. The highest BCUT2D eigenvalue weighted by atomic mass is 35.5. The molecule has 0 heterocycles. The lowest BCUT2D eigenvalue weighted by atomic mass is 10.1. The van der Waals surface area contributed by atoms with Crippen molar-refractivity contribution in [3.8, 4) is 0 Å². The zero-order valence-corrected chi connectivity index (χ0v) is 12.6. The third kappa shape index (κ3) is 3.73. The van der Waals surface area contributed by atoms with Gasteiger partial charge in [-0.05, 0) is 48.4 Å². The van der Waals surface area contributed by atoms with Crippen molar-refractivity contribution in [3.05, 3.63) is 63.9 Å². The largest absolute Gasteiger partial charge is 0.388 e. The third-order valence-electron chi connectivity index (χ3n) is 3.20. The molecule has 0 radical (unpaired) electrons. The molecule has 110 valence electrons. The number of benzene rings is 2. The summed E-state index contributed by atoms with van der Waals surface area (Å²) in [7, 11) is 1.83. The van der Waals surface area contributed by atoms with Gasteiger partial charge in [0.2, 0.25) is 0 Å². The predicted octanol–water partition coefficient (Wildman–Crippen LogP) is 3.76. The molecule has 0 spiro atoms.